The van der Waals surface area contributed by atoms with Crippen molar-refractivity contribution in [2.45, 2.75) is 32.6 Å². The highest BCUT2D eigenvalue weighted by atomic mass is 35.5. The second-order valence-electron chi connectivity index (χ2n) is 5.43. The molecule has 2 heteroatoms. The third-order valence-corrected chi connectivity index (χ3v) is 4.24. The number of halogens is 1. The van der Waals surface area contributed by atoms with Crippen LogP contribution in [0.2, 0.25) is 0 Å². The van der Waals surface area contributed by atoms with Crippen LogP contribution in [0.25, 0.3) is 0 Å². The molecule has 2 rings (SSSR count). The maximum absolute atomic E-state index is 6.51. The molecule has 0 aliphatic heterocycles. The van der Waals surface area contributed by atoms with Gasteiger partial charge in [-0.25, -0.2) is 0 Å². The lowest BCUT2D eigenvalue weighted by Crippen LogP contribution is -2.00. The van der Waals surface area contributed by atoms with Gasteiger partial charge in [0.2, 0.25) is 0 Å². The Morgan fingerprint density at radius 1 is 1.44 bits per heavy atom. The zero-order chi connectivity index (χ0) is 11.9. The van der Waals surface area contributed by atoms with Gasteiger partial charge in [-0.1, -0.05) is 26.0 Å². The van der Waals surface area contributed by atoms with Gasteiger partial charge in [-0.2, -0.15) is 0 Å². The van der Waals surface area contributed by atoms with Gasteiger partial charge < -0.3 is 4.74 Å². The van der Waals surface area contributed by atoms with Crippen molar-refractivity contribution < 1.29 is 4.74 Å². The molecule has 1 saturated carbocycles. The molecule has 0 N–H and O–H groups in total. The summed E-state index contributed by atoms with van der Waals surface area (Å²) in [4.78, 5) is 0. The molecule has 0 saturated heterocycles. The fraction of sp³-hybridized carbons (Fsp3) is 0.571. The van der Waals surface area contributed by atoms with E-state index in [4.69, 9.17) is 16.3 Å². The fourth-order valence-corrected chi connectivity index (χ4v) is 2.88. The Labute approximate surface area is 103 Å². The van der Waals surface area contributed by atoms with Crippen LogP contribution in [0.4, 0.5) is 0 Å². The van der Waals surface area contributed by atoms with E-state index in [1.165, 1.54) is 12.0 Å². The predicted molar refractivity (Wildman–Crippen MR) is 68.2 cm³/mol. The lowest BCUT2D eigenvalue weighted by atomic mass is 10.0. The minimum Gasteiger partial charge on any atom is -0.496 e. The number of hydrogen-bond acceptors (Lipinski definition) is 1. The highest BCUT2D eigenvalue weighted by Gasteiger charge is 2.49. The second kappa shape index (κ2) is 3.96. The smallest absolute Gasteiger partial charge is 0.121 e. The number of ether oxygens (including phenoxy) is 1. The molecule has 2 unspecified atom stereocenters. The predicted octanol–water partition coefficient (Wildman–Crippen LogP) is 4.33. The lowest BCUT2D eigenvalue weighted by Gasteiger charge is -2.14. The van der Waals surface area contributed by atoms with Crippen LogP contribution >= 0.6 is 11.6 Å². The van der Waals surface area contributed by atoms with E-state index in [1.807, 2.05) is 6.07 Å². The quantitative estimate of drug-likeness (QED) is 0.713. The Morgan fingerprint density at radius 3 is 2.50 bits per heavy atom. The van der Waals surface area contributed by atoms with E-state index in [9.17, 15) is 0 Å². The van der Waals surface area contributed by atoms with Gasteiger partial charge in [0.15, 0.2) is 0 Å². The van der Waals surface area contributed by atoms with Crippen molar-refractivity contribution in [1.82, 2.24) is 0 Å². The average Bonchev–Trinajstić information content (AvgIpc) is 2.86. The van der Waals surface area contributed by atoms with Crippen molar-refractivity contribution in [2.75, 3.05) is 7.11 Å². The number of alkyl halides is 1. The molecule has 1 aliphatic carbocycles. The van der Waals surface area contributed by atoms with Crippen molar-refractivity contribution in [3.05, 3.63) is 29.3 Å². The summed E-state index contributed by atoms with van der Waals surface area (Å²) in [6.07, 6.45) is 1.23. The maximum atomic E-state index is 6.51. The molecule has 1 fully saturated rings. The van der Waals surface area contributed by atoms with Gasteiger partial charge >= 0.3 is 0 Å². The Kier molecular flexibility index (Phi) is 2.91. The Bertz CT molecular complexity index is 398. The monoisotopic (exact) mass is 238 g/mol. The van der Waals surface area contributed by atoms with E-state index < -0.39 is 0 Å². The third kappa shape index (κ3) is 2.06. The summed E-state index contributed by atoms with van der Waals surface area (Å²) in [7, 11) is 1.70. The molecular weight excluding hydrogens is 220 g/mol. The largest absolute Gasteiger partial charge is 0.496 e. The van der Waals surface area contributed by atoms with Gasteiger partial charge in [-0.05, 0) is 41.9 Å². The highest BCUT2D eigenvalue weighted by molar-refractivity contribution is 6.21. The van der Waals surface area contributed by atoms with Crippen LogP contribution in [0.3, 0.4) is 0 Å². The SMILES string of the molecule is COc1ccc(C(Cl)C2CC2(C)C)cc1C. The van der Waals surface area contributed by atoms with Crippen molar-refractivity contribution >= 4 is 11.6 Å². The van der Waals surface area contributed by atoms with E-state index >= 15 is 0 Å². The van der Waals surface area contributed by atoms with Gasteiger partial charge in [-0.3, -0.25) is 0 Å². The molecule has 1 aromatic carbocycles. The zero-order valence-electron chi connectivity index (χ0n) is 10.4. The van der Waals surface area contributed by atoms with Crippen LogP contribution in [-0.4, -0.2) is 7.11 Å². The van der Waals surface area contributed by atoms with Crippen LogP contribution in [-0.2, 0) is 0 Å². The van der Waals surface area contributed by atoms with Crippen molar-refractivity contribution in [3.8, 4) is 5.75 Å². The van der Waals surface area contributed by atoms with Crippen LogP contribution in [0.1, 0.15) is 36.8 Å². The van der Waals surface area contributed by atoms with E-state index in [0.29, 0.717) is 11.3 Å². The molecule has 0 heterocycles. The third-order valence-electron chi connectivity index (χ3n) is 3.68. The minimum absolute atomic E-state index is 0.139. The van der Waals surface area contributed by atoms with Crippen LogP contribution in [0.15, 0.2) is 18.2 Å². The van der Waals surface area contributed by atoms with Crippen LogP contribution in [0.5, 0.6) is 5.75 Å². The van der Waals surface area contributed by atoms with Crippen molar-refractivity contribution in [1.29, 1.82) is 0 Å². The summed E-state index contributed by atoms with van der Waals surface area (Å²) in [6, 6.07) is 6.23. The summed E-state index contributed by atoms with van der Waals surface area (Å²) in [6.45, 7) is 6.62. The number of benzene rings is 1. The summed E-state index contributed by atoms with van der Waals surface area (Å²) >= 11 is 6.51. The first-order chi connectivity index (χ1) is 7.45. The normalized spacial score (nSPS) is 23.9. The molecule has 2 atom stereocenters. The number of aryl methyl sites for hydroxylation is 1. The summed E-state index contributed by atoms with van der Waals surface area (Å²) in [5.41, 5.74) is 2.79. The minimum atomic E-state index is 0.139. The Balaban J connectivity index is 2.19. The summed E-state index contributed by atoms with van der Waals surface area (Å²) in [5.74, 6) is 1.55. The number of hydrogen-bond donors (Lipinski definition) is 0. The molecule has 0 spiro atoms. The Hall–Kier alpha value is -0.690. The number of methoxy groups -OCH3 is 1. The molecule has 1 aliphatic rings. The van der Waals surface area contributed by atoms with Crippen LogP contribution < -0.4 is 4.74 Å². The first-order valence-electron chi connectivity index (χ1n) is 5.74. The van der Waals surface area contributed by atoms with E-state index in [2.05, 4.69) is 32.9 Å². The molecule has 88 valence electrons. The molecule has 16 heavy (non-hydrogen) atoms. The van der Waals surface area contributed by atoms with E-state index in [0.717, 1.165) is 11.3 Å². The summed E-state index contributed by atoms with van der Waals surface area (Å²) in [5, 5.41) is 0.139. The standard InChI is InChI=1S/C14H19ClO/c1-9-7-10(5-6-12(9)16-4)13(15)11-8-14(11,2)3/h5-7,11,13H,8H2,1-4H3. The molecule has 0 amide bonds. The summed E-state index contributed by atoms with van der Waals surface area (Å²) < 4.78 is 5.25. The Morgan fingerprint density at radius 2 is 2.06 bits per heavy atom. The van der Waals surface area contributed by atoms with E-state index in [1.54, 1.807) is 7.11 Å². The topological polar surface area (TPSA) is 9.23 Å². The highest BCUT2D eigenvalue weighted by Crippen LogP contribution is 2.59. The van der Waals surface area contributed by atoms with Gasteiger partial charge in [0.25, 0.3) is 0 Å². The first kappa shape index (κ1) is 11.8. The van der Waals surface area contributed by atoms with E-state index in [-0.39, 0.29) is 5.38 Å². The zero-order valence-corrected chi connectivity index (χ0v) is 11.1. The molecule has 1 aromatic rings. The van der Waals surface area contributed by atoms with Gasteiger partial charge in [0.1, 0.15) is 5.75 Å². The van der Waals surface area contributed by atoms with Crippen molar-refractivity contribution in [2.24, 2.45) is 11.3 Å². The average molecular weight is 239 g/mol. The lowest BCUT2D eigenvalue weighted by molar-refractivity contribution is 0.411. The molecular formula is C14H19ClO. The van der Waals surface area contributed by atoms with Gasteiger partial charge in [0.05, 0.1) is 12.5 Å². The fourth-order valence-electron chi connectivity index (χ4n) is 2.31. The first-order valence-corrected chi connectivity index (χ1v) is 6.18. The molecule has 0 aromatic heterocycles. The molecule has 1 nitrogen and oxygen atoms in total. The van der Waals surface area contributed by atoms with Crippen molar-refractivity contribution in [3.63, 3.8) is 0 Å². The van der Waals surface area contributed by atoms with Crippen LogP contribution in [0, 0.1) is 18.3 Å². The number of rotatable bonds is 3. The maximum Gasteiger partial charge on any atom is 0.121 e. The second-order valence-corrected chi connectivity index (χ2v) is 5.90. The van der Waals surface area contributed by atoms with Gasteiger partial charge in [0, 0.05) is 0 Å². The van der Waals surface area contributed by atoms with Gasteiger partial charge in [-0.15, -0.1) is 11.6 Å². The molecule has 0 bridgehead atoms. The molecule has 0 radical (unpaired) electrons.